The highest BCUT2D eigenvalue weighted by atomic mass is 32.1. The largest absolute Gasteiger partial charge is 0.387 e. The fourth-order valence-corrected chi connectivity index (χ4v) is 2.02. The maximum absolute atomic E-state index is 5.65. The summed E-state index contributed by atoms with van der Waals surface area (Å²) in [6.45, 7) is 1.66. The van der Waals surface area contributed by atoms with Gasteiger partial charge in [0.2, 0.25) is 0 Å². The fourth-order valence-electron chi connectivity index (χ4n) is 1.85. The van der Waals surface area contributed by atoms with Gasteiger partial charge in [-0.25, -0.2) is 4.98 Å². The van der Waals surface area contributed by atoms with E-state index in [0.717, 1.165) is 19.6 Å². The van der Waals surface area contributed by atoms with E-state index in [1.807, 2.05) is 10.8 Å². The van der Waals surface area contributed by atoms with Crippen LogP contribution in [0.1, 0.15) is 25.1 Å². The van der Waals surface area contributed by atoms with Gasteiger partial charge in [0.25, 0.3) is 0 Å². The number of hydrogen-bond donors (Lipinski definition) is 1. The second-order valence-electron chi connectivity index (χ2n) is 3.76. The first-order valence-corrected chi connectivity index (χ1v) is 5.61. The van der Waals surface area contributed by atoms with Crippen molar-refractivity contribution in [3.63, 3.8) is 0 Å². The van der Waals surface area contributed by atoms with Crippen LogP contribution in [-0.4, -0.2) is 27.3 Å². The summed E-state index contributed by atoms with van der Waals surface area (Å²) in [6, 6.07) is 0. The van der Waals surface area contributed by atoms with Crippen molar-refractivity contribution in [1.29, 1.82) is 0 Å². The molecular formula is C10H15N3OS. The van der Waals surface area contributed by atoms with Crippen molar-refractivity contribution in [2.75, 3.05) is 6.61 Å². The van der Waals surface area contributed by atoms with Crippen molar-refractivity contribution >= 4 is 17.2 Å². The average Bonchev–Trinajstić information content (AvgIpc) is 2.67. The summed E-state index contributed by atoms with van der Waals surface area (Å²) in [5.74, 6) is 0.680. The Morgan fingerprint density at radius 1 is 1.67 bits per heavy atom. The van der Waals surface area contributed by atoms with E-state index in [1.54, 1.807) is 6.20 Å². The number of nitrogens with two attached hydrogens (primary N) is 1. The minimum absolute atomic E-state index is 0.279. The summed E-state index contributed by atoms with van der Waals surface area (Å²) >= 11 is 4.92. The van der Waals surface area contributed by atoms with Crippen LogP contribution >= 0.6 is 12.2 Å². The second-order valence-corrected chi connectivity index (χ2v) is 4.20. The molecule has 1 aromatic heterocycles. The summed E-state index contributed by atoms with van der Waals surface area (Å²) in [4.78, 5) is 4.47. The highest BCUT2D eigenvalue weighted by molar-refractivity contribution is 7.80. The van der Waals surface area contributed by atoms with E-state index in [4.69, 9.17) is 22.7 Å². The van der Waals surface area contributed by atoms with Crippen molar-refractivity contribution < 1.29 is 4.74 Å². The molecule has 0 bridgehead atoms. The first-order chi connectivity index (χ1) is 7.27. The van der Waals surface area contributed by atoms with Crippen molar-refractivity contribution in [3.05, 3.63) is 18.2 Å². The number of aromatic nitrogens is 2. The highest BCUT2D eigenvalue weighted by Gasteiger charge is 2.16. The Kier molecular flexibility index (Phi) is 3.33. The Labute approximate surface area is 94.4 Å². The van der Waals surface area contributed by atoms with Gasteiger partial charge in [0.05, 0.1) is 12.6 Å². The third kappa shape index (κ3) is 2.54. The van der Waals surface area contributed by atoms with Gasteiger partial charge in [-0.3, -0.25) is 0 Å². The van der Waals surface area contributed by atoms with Crippen LogP contribution in [-0.2, 0) is 11.3 Å². The van der Waals surface area contributed by atoms with Gasteiger partial charge in [-0.05, 0) is 19.3 Å². The normalized spacial score (nSPS) is 21.5. The summed E-state index contributed by atoms with van der Waals surface area (Å²) in [5.41, 5.74) is 5.57. The molecule has 0 amide bonds. The molecule has 2 N–H and O–H groups in total. The van der Waals surface area contributed by atoms with Gasteiger partial charge < -0.3 is 15.0 Å². The fraction of sp³-hybridized carbons (Fsp3) is 0.600. The Morgan fingerprint density at radius 2 is 2.53 bits per heavy atom. The van der Waals surface area contributed by atoms with E-state index in [-0.39, 0.29) is 6.10 Å². The lowest BCUT2D eigenvalue weighted by atomic mass is 10.1. The molecule has 1 fully saturated rings. The van der Waals surface area contributed by atoms with Crippen LogP contribution in [0.25, 0.3) is 0 Å². The van der Waals surface area contributed by atoms with Gasteiger partial charge in [-0.1, -0.05) is 12.2 Å². The minimum Gasteiger partial charge on any atom is -0.387 e. The van der Waals surface area contributed by atoms with Crippen molar-refractivity contribution in [2.24, 2.45) is 5.73 Å². The van der Waals surface area contributed by atoms with Gasteiger partial charge in [0.1, 0.15) is 4.99 Å². The monoisotopic (exact) mass is 225 g/mol. The van der Waals surface area contributed by atoms with Gasteiger partial charge in [0, 0.05) is 19.0 Å². The molecule has 1 saturated heterocycles. The van der Waals surface area contributed by atoms with Crippen LogP contribution in [0.4, 0.5) is 0 Å². The zero-order valence-corrected chi connectivity index (χ0v) is 9.37. The predicted octanol–water partition coefficient (Wildman–Crippen LogP) is 1.09. The van der Waals surface area contributed by atoms with E-state index in [0.29, 0.717) is 10.8 Å². The number of ether oxygens (including phenoxy) is 1. The molecule has 1 aliphatic rings. The SMILES string of the molecule is NC(=S)c1nccn1CC1CCCCO1. The molecule has 1 aromatic rings. The van der Waals surface area contributed by atoms with Crippen LogP contribution in [0.15, 0.2) is 12.4 Å². The molecule has 2 heterocycles. The van der Waals surface area contributed by atoms with Crippen LogP contribution in [0, 0.1) is 0 Å². The van der Waals surface area contributed by atoms with Gasteiger partial charge in [-0.15, -0.1) is 0 Å². The van der Waals surface area contributed by atoms with E-state index < -0.39 is 0 Å². The number of rotatable bonds is 3. The molecule has 1 atom stereocenters. The summed E-state index contributed by atoms with van der Waals surface area (Å²) in [6.07, 6.45) is 7.41. The Morgan fingerprint density at radius 3 is 3.20 bits per heavy atom. The van der Waals surface area contributed by atoms with E-state index >= 15 is 0 Å². The van der Waals surface area contributed by atoms with E-state index in [2.05, 4.69) is 4.98 Å². The van der Waals surface area contributed by atoms with Gasteiger partial charge in [-0.2, -0.15) is 0 Å². The zero-order chi connectivity index (χ0) is 10.7. The van der Waals surface area contributed by atoms with Crippen LogP contribution < -0.4 is 5.73 Å². The molecule has 0 saturated carbocycles. The quantitative estimate of drug-likeness (QED) is 0.782. The van der Waals surface area contributed by atoms with E-state index in [9.17, 15) is 0 Å². The molecule has 1 aliphatic heterocycles. The summed E-state index contributed by atoms with van der Waals surface area (Å²) < 4.78 is 7.62. The first-order valence-electron chi connectivity index (χ1n) is 5.20. The Balaban J connectivity index is 2.03. The van der Waals surface area contributed by atoms with Crippen molar-refractivity contribution in [2.45, 2.75) is 31.9 Å². The minimum atomic E-state index is 0.279. The van der Waals surface area contributed by atoms with Gasteiger partial charge in [0.15, 0.2) is 5.82 Å². The molecule has 1 unspecified atom stereocenters. The molecule has 0 spiro atoms. The molecule has 15 heavy (non-hydrogen) atoms. The number of thiocarbonyl (C=S) groups is 1. The van der Waals surface area contributed by atoms with Crippen LogP contribution in [0.5, 0.6) is 0 Å². The zero-order valence-electron chi connectivity index (χ0n) is 8.56. The molecule has 2 rings (SSSR count). The Hall–Kier alpha value is -0.940. The topological polar surface area (TPSA) is 53.1 Å². The summed E-state index contributed by atoms with van der Waals surface area (Å²) in [7, 11) is 0. The molecular weight excluding hydrogens is 210 g/mol. The van der Waals surface area contributed by atoms with Crippen molar-refractivity contribution in [3.8, 4) is 0 Å². The molecule has 0 radical (unpaired) electrons. The molecule has 0 aliphatic carbocycles. The first kappa shape index (κ1) is 10.6. The number of hydrogen-bond acceptors (Lipinski definition) is 3. The molecule has 0 aromatic carbocycles. The maximum Gasteiger partial charge on any atom is 0.167 e. The second kappa shape index (κ2) is 4.72. The molecule has 5 heteroatoms. The number of imidazole rings is 1. The third-order valence-corrected chi connectivity index (χ3v) is 2.79. The highest BCUT2D eigenvalue weighted by Crippen LogP contribution is 2.15. The summed E-state index contributed by atoms with van der Waals surface area (Å²) in [5, 5.41) is 0. The van der Waals surface area contributed by atoms with Crippen molar-refractivity contribution in [1.82, 2.24) is 9.55 Å². The van der Waals surface area contributed by atoms with Crippen LogP contribution in [0.2, 0.25) is 0 Å². The standard InChI is InChI=1S/C10H15N3OS/c11-9(15)10-12-4-5-13(10)7-8-3-1-2-6-14-8/h4-5,8H,1-3,6-7H2,(H2,11,15). The average molecular weight is 225 g/mol. The van der Waals surface area contributed by atoms with Gasteiger partial charge >= 0.3 is 0 Å². The Bertz CT molecular complexity index is 344. The molecule has 4 nitrogen and oxygen atoms in total. The lowest BCUT2D eigenvalue weighted by Crippen LogP contribution is -2.27. The molecule has 82 valence electrons. The lowest BCUT2D eigenvalue weighted by Gasteiger charge is -2.23. The maximum atomic E-state index is 5.65. The lowest BCUT2D eigenvalue weighted by molar-refractivity contribution is 0.00590. The third-order valence-electron chi connectivity index (χ3n) is 2.61. The van der Waals surface area contributed by atoms with Crippen LogP contribution in [0.3, 0.4) is 0 Å². The predicted molar refractivity (Wildman–Crippen MR) is 61.7 cm³/mol. The smallest absolute Gasteiger partial charge is 0.167 e. The van der Waals surface area contributed by atoms with E-state index in [1.165, 1.54) is 12.8 Å². The number of nitrogens with zero attached hydrogens (tertiary/aromatic N) is 2.